The smallest absolute Gasteiger partial charge is 0.275 e. The third-order valence-electron chi connectivity index (χ3n) is 5.84. The van der Waals surface area contributed by atoms with Gasteiger partial charge in [0.1, 0.15) is 6.29 Å². The minimum Gasteiger partial charge on any atom is -0.350 e. The van der Waals surface area contributed by atoms with Gasteiger partial charge in [0, 0.05) is 41.9 Å². The Kier molecular flexibility index (Phi) is 6.38. The van der Waals surface area contributed by atoms with Gasteiger partial charge in [-0.15, -0.1) is 0 Å². The second-order valence-electron chi connectivity index (χ2n) is 8.11. The Morgan fingerprint density at radius 1 is 1.00 bits per heavy atom. The second kappa shape index (κ2) is 9.91. The van der Waals surface area contributed by atoms with E-state index in [-0.39, 0.29) is 5.91 Å². The summed E-state index contributed by atoms with van der Waals surface area (Å²) in [6, 6.07) is 18.9. The molecule has 1 aliphatic rings. The maximum atomic E-state index is 13.0. The fourth-order valence-electron chi connectivity index (χ4n) is 3.97. The molecular weight excluding hydrogens is 430 g/mol. The largest absolute Gasteiger partial charge is 0.350 e. The lowest BCUT2D eigenvalue weighted by Gasteiger charge is -2.22. The molecule has 1 amide bonds. The standard InChI is InChI=1S/C27H23N3O4/c31-17-18-4-6-19(7-5-18)20-8-10-21(11-9-20)25-15-22(23-16-28-13-12-24(23)29-25)27(32)30-34-26-3-1-2-14-33-26/h4-13,15-17,26H,1-3,14H2,(H,30,32). The predicted octanol–water partition coefficient (Wildman–Crippen LogP) is 4.96. The van der Waals surface area contributed by atoms with E-state index >= 15 is 0 Å². The molecule has 1 fully saturated rings. The highest BCUT2D eigenvalue weighted by Gasteiger charge is 2.19. The Morgan fingerprint density at radius 3 is 2.44 bits per heavy atom. The molecule has 1 saturated heterocycles. The number of amides is 1. The van der Waals surface area contributed by atoms with Gasteiger partial charge in [-0.05, 0) is 36.1 Å². The number of hydrogen-bond acceptors (Lipinski definition) is 6. The lowest BCUT2D eigenvalue weighted by atomic mass is 10.0. The molecule has 0 bridgehead atoms. The first-order valence-electron chi connectivity index (χ1n) is 11.2. The summed E-state index contributed by atoms with van der Waals surface area (Å²) in [7, 11) is 0. The normalized spacial score (nSPS) is 15.7. The monoisotopic (exact) mass is 453 g/mol. The van der Waals surface area contributed by atoms with Crippen molar-refractivity contribution in [2.24, 2.45) is 0 Å². The molecule has 2 aromatic heterocycles. The van der Waals surface area contributed by atoms with Crippen molar-refractivity contribution in [2.45, 2.75) is 25.6 Å². The average molecular weight is 453 g/mol. The zero-order valence-electron chi connectivity index (χ0n) is 18.4. The summed E-state index contributed by atoms with van der Waals surface area (Å²) < 4.78 is 5.53. The van der Waals surface area contributed by atoms with E-state index in [1.807, 2.05) is 36.4 Å². The van der Waals surface area contributed by atoms with Crippen LogP contribution >= 0.6 is 0 Å². The third kappa shape index (κ3) is 4.71. The number of nitrogens with one attached hydrogen (secondary N) is 1. The van der Waals surface area contributed by atoms with Crippen LogP contribution in [-0.2, 0) is 9.57 Å². The van der Waals surface area contributed by atoms with Crippen molar-refractivity contribution < 1.29 is 19.2 Å². The Bertz CT molecular complexity index is 1310. The summed E-state index contributed by atoms with van der Waals surface area (Å²) in [5, 5.41) is 0.642. The number of pyridine rings is 2. The van der Waals surface area contributed by atoms with Gasteiger partial charge in [0.2, 0.25) is 0 Å². The summed E-state index contributed by atoms with van der Waals surface area (Å²) in [6.07, 6.45) is 6.42. The van der Waals surface area contributed by atoms with Crippen LogP contribution in [0.1, 0.15) is 40.0 Å². The molecule has 3 heterocycles. The SMILES string of the molecule is O=Cc1ccc(-c2ccc(-c3cc(C(=O)NOC4CCCCO4)c4cnccc4n3)cc2)cc1. The number of carbonyl (C=O) groups excluding carboxylic acids is 2. The van der Waals surface area contributed by atoms with E-state index in [0.717, 1.165) is 42.2 Å². The van der Waals surface area contributed by atoms with Crippen LogP contribution in [0.2, 0.25) is 0 Å². The van der Waals surface area contributed by atoms with E-state index in [1.165, 1.54) is 0 Å². The highest BCUT2D eigenvalue weighted by atomic mass is 16.8. The fourth-order valence-corrected chi connectivity index (χ4v) is 3.97. The number of benzene rings is 2. The van der Waals surface area contributed by atoms with E-state index in [4.69, 9.17) is 14.6 Å². The van der Waals surface area contributed by atoms with Gasteiger partial charge in [0.15, 0.2) is 6.29 Å². The minimum atomic E-state index is -0.434. The van der Waals surface area contributed by atoms with Gasteiger partial charge in [-0.2, -0.15) is 0 Å². The summed E-state index contributed by atoms with van der Waals surface area (Å²) in [6.45, 7) is 0.629. The van der Waals surface area contributed by atoms with Gasteiger partial charge >= 0.3 is 0 Å². The zero-order chi connectivity index (χ0) is 23.3. The highest BCUT2D eigenvalue weighted by molar-refractivity contribution is 6.06. The van der Waals surface area contributed by atoms with Gasteiger partial charge < -0.3 is 4.74 Å². The van der Waals surface area contributed by atoms with Crippen LogP contribution in [0, 0.1) is 0 Å². The van der Waals surface area contributed by atoms with Crippen LogP contribution < -0.4 is 5.48 Å². The van der Waals surface area contributed by atoms with Crippen LogP contribution in [0.5, 0.6) is 0 Å². The van der Waals surface area contributed by atoms with Crippen molar-refractivity contribution in [3.8, 4) is 22.4 Å². The molecule has 7 nitrogen and oxygen atoms in total. The van der Waals surface area contributed by atoms with E-state index < -0.39 is 6.29 Å². The molecule has 1 N–H and O–H groups in total. The van der Waals surface area contributed by atoms with Crippen LogP contribution in [0.25, 0.3) is 33.3 Å². The molecule has 1 unspecified atom stereocenters. The van der Waals surface area contributed by atoms with Crippen molar-refractivity contribution in [2.75, 3.05) is 6.61 Å². The van der Waals surface area contributed by atoms with Gasteiger partial charge in [0.25, 0.3) is 5.91 Å². The average Bonchev–Trinajstić information content (AvgIpc) is 2.92. The number of ether oxygens (including phenoxy) is 1. The molecule has 2 aromatic carbocycles. The Hall–Kier alpha value is -3.94. The molecule has 0 spiro atoms. The fraction of sp³-hybridized carbons (Fsp3) is 0.185. The lowest BCUT2D eigenvalue weighted by molar-refractivity contribution is -0.186. The number of hydroxylamine groups is 1. The predicted molar refractivity (Wildman–Crippen MR) is 128 cm³/mol. The summed E-state index contributed by atoms with van der Waals surface area (Å²) in [5.74, 6) is -0.372. The topological polar surface area (TPSA) is 90.4 Å². The Labute approximate surface area is 196 Å². The molecule has 0 saturated carbocycles. The molecule has 0 radical (unpaired) electrons. The quantitative estimate of drug-likeness (QED) is 0.328. The van der Waals surface area contributed by atoms with Gasteiger partial charge in [-0.1, -0.05) is 48.5 Å². The molecular formula is C27H23N3O4. The van der Waals surface area contributed by atoms with Gasteiger partial charge in [-0.3, -0.25) is 14.6 Å². The highest BCUT2D eigenvalue weighted by Crippen LogP contribution is 2.27. The van der Waals surface area contributed by atoms with E-state index in [0.29, 0.717) is 34.3 Å². The van der Waals surface area contributed by atoms with Crippen molar-refractivity contribution in [1.82, 2.24) is 15.4 Å². The molecule has 0 aliphatic carbocycles. The molecule has 5 rings (SSSR count). The summed E-state index contributed by atoms with van der Waals surface area (Å²) in [4.78, 5) is 38.3. The first-order chi connectivity index (χ1) is 16.7. The molecule has 7 heteroatoms. The van der Waals surface area contributed by atoms with Crippen molar-refractivity contribution in [3.63, 3.8) is 0 Å². The molecule has 1 atom stereocenters. The molecule has 34 heavy (non-hydrogen) atoms. The molecule has 4 aromatic rings. The first kappa shape index (κ1) is 21.9. The first-order valence-corrected chi connectivity index (χ1v) is 11.2. The molecule has 170 valence electrons. The Morgan fingerprint density at radius 2 is 1.74 bits per heavy atom. The van der Waals surface area contributed by atoms with E-state index in [9.17, 15) is 9.59 Å². The number of fused-ring (bicyclic) bond motifs is 1. The summed E-state index contributed by atoms with van der Waals surface area (Å²) >= 11 is 0. The summed E-state index contributed by atoms with van der Waals surface area (Å²) in [5.41, 5.74) is 7.84. The van der Waals surface area contributed by atoms with Gasteiger partial charge in [0.05, 0.1) is 16.8 Å². The number of nitrogens with zero attached hydrogens (tertiary/aromatic N) is 2. The Balaban J connectivity index is 1.42. The second-order valence-corrected chi connectivity index (χ2v) is 8.11. The van der Waals surface area contributed by atoms with Crippen LogP contribution in [0.15, 0.2) is 73.1 Å². The van der Waals surface area contributed by atoms with Gasteiger partial charge in [-0.25, -0.2) is 15.3 Å². The number of carbonyl (C=O) groups is 2. The maximum Gasteiger partial charge on any atom is 0.275 e. The zero-order valence-corrected chi connectivity index (χ0v) is 18.4. The van der Waals surface area contributed by atoms with Crippen LogP contribution in [0.4, 0.5) is 0 Å². The number of hydrogen-bond donors (Lipinski definition) is 1. The number of rotatable bonds is 6. The number of aldehydes is 1. The van der Waals surface area contributed by atoms with E-state index in [2.05, 4.69) is 10.5 Å². The van der Waals surface area contributed by atoms with Crippen molar-refractivity contribution >= 4 is 23.1 Å². The van der Waals surface area contributed by atoms with Crippen LogP contribution in [-0.4, -0.2) is 35.1 Å². The molecule has 1 aliphatic heterocycles. The third-order valence-corrected chi connectivity index (χ3v) is 5.84. The minimum absolute atomic E-state index is 0.372. The maximum absolute atomic E-state index is 13.0. The van der Waals surface area contributed by atoms with E-state index in [1.54, 1.807) is 36.7 Å². The van der Waals surface area contributed by atoms with Crippen LogP contribution in [0.3, 0.4) is 0 Å². The van der Waals surface area contributed by atoms with Crippen molar-refractivity contribution in [3.05, 3.63) is 84.2 Å². The van der Waals surface area contributed by atoms with Crippen molar-refractivity contribution in [1.29, 1.82) is 0 Å². The number of aromatic nitrogens is 2. The lowest BCUT2D eigenvalue weighted by Crippen LogP contribution is -2.33.